The molecule has 1 saturated heterocycles. The van der Waals surface area contributed by atoms with Gasteiger partial charge in [0, 0.05) is 22.9 Å². The molecule has 19 heavy (non-hydrogen) atoms. The summed E-state index contributed by atoms with van der Waals surface area (Å²) in [5.41, 5.74) is 0. The Labute approximate surface area is 131 Å². The number of piperidine rings is 1. The summed E-state index contributed by atoms with van der Waals surface area (Å²) >= 11 is 6.76. The van der Waals surface area contributed by atoms with Crippen molar-refractivity contribution in [3.05, 3.63) is 28.7 Å². The zero-order chi connectivity index (χ0) is 13.9. The molecule has 0 aromatic heterocycles. The van der Waals surface area contributed by atoms with Crippen molar-refractivity contribution in [2.45, 2.75) is 24.2 Å². The summed E-state index contributed by atoms with van der Waals surface area (Å²) in [5, 5.41) is 0.933. The third-order valence-corrected chi connectivity index (χ3v) is 6.25. The second-order valence-corrected chi connectivity index (χ2v) is 8.45. The lowest BCUT2D eigenvalue weighted by Gasteiger charge is -2.31. The number of benzene rings is 1. The van der Waals surface area contributed by atoms with Gasteiger partial charge in [-0.05, 0) is 43.4 Å². The lowest BCUT2D eigenvalue weighted by molar-refractivity contribution is 0.263. The van der Waals surface area contributed by atoms with Crippen LogP contribution in [0.4, 0.5) is 0 Å². The van der Waals surface area contributed by atoms with E-state index in [4.69, 9.17) is 0 Å². The maximum Gasteiger partial charge on any atom is 0.243 e. The van der Waals surface area contributed by atoms with Crippen LogP contribution in [-0.4, -0.2) is 31.1 Å². The van der Waals surface area contributed by atoms with Gasteiger partial charge in [-0.25, -0.2) is 8.42 Å². The fourth-order valence-electron chi connectivity index (χ4n) is 2.41. The molecule has 1 heterocycles. The van der Waals surface area contributed by atoms with Crippen LogP contribution in [0.2, 0.25) is 0 Å². The summed E-state index contributed by atoms with van der Waals surface area (Å²) in [6, 6.07) is 6.93. The van der Waals surface area contributed by atoms with E-state index in [1.807, 2.05) is 6.07 Å². The minimum atomic E-state index is -3.35. The highest BCUT2D eigenvalue weighted by Crippen LogP contribution is 2.26. The molecular weight excluding hydrogens is 394 g/mol. The molecule has 0 amide bonds. The van der Waals surface area contributed by atoms with E-state index >= 15 is 0 Å². The van der Waals surface area contributed by atoms with Gasteiger partial charge in [-0.3, -0.25) is 0 Å². The van der Waals surface area contributed by atoms with Gasteiger partial charge in [0.25, 0.3) is 0 Å². The Balaban J connectivity index is 2.19. The topological polar surface area (TPSA) is 37.4 Å². The molecule has 1 unspecified atom stereocenters. The van der Waals surface area contributed by atoms with Crippen molar-refractivity contribution in [1.82, 2.24) is 4.31 Å². The maximum absolute atomic E-state index is 12.6. The molecule has 0 spiro atoms. The van der Waals surface area contributed by atoms with E-state index in [2.05, 4.69) is 31.9 Å². The van der Waals surface area contributed by atoms with Crippen LogP contribution in [0.3, 0.4) is 0 Å². The molecule has 1 fully saturated rings. The van der Waals surface area contributed by atoms with E-state index in [-0.39, 0.29) is 0 Å². The van der Waals surface area contributed by atoms with Crippen molar-refractivity contribution < 1.29 is 8.42 Å². The Kier molecular flexibility index (Phi) is 5.45. The first-order valence-corrected chi connectivity index (χ1v) is 9.71. The zero-order valence-corrected chi connectivity index (χ0v) is 14.5. The second-order valence-electron chi connectivity index (χ2n) is 4.81. The average molecular weight is 411 g/mol. The fourth-order valence-corrected chi connectivity index (χ4v) is 5.21. The van der Waals surface area contributed by atoms with Gasteiger partial charge in [0.15, 0.2) is 0 Å². The van der Waals surface area contributed by atoms with E-state index < -0.39 is 10.0 Å². The normalized spacial score (nSPS) is 21.5. The van der Waals surface area contributed by atoms with Crippen molar-refractivity contribution in [3.63, 3.8) is 0 Å². The third kappa shape index (κ3) is 3.80. The first-order valence-electron chi connectivity index (χ1n) is 6.35. The molecule has 1 aromatic carbocycles. The molecule has 1 atom stereocenters. The number of alkyl halides is 1. The van der Waals surface area contributed by atoms with Crippen molar-refractivity contribution >= 4 is 41.9 Å². The van der Waals surface area contributed by atoms with Gasteiger partial charge in [0.1, 0.15) is 0 Å². The van der Waals surface area contributed by atoms with Crippen LogP contribution in [0.15, 0.2) is 33.6 Å². The van der Waals surface area contributed by atoms with Crippen LogP contribution in [0.25, 0.3) is 0 Å². The second kappa shape index (κ2) is 6.70. The van der Waals surface area contributed by atoms with Crippen LogP contribution < -0.4 is 0 Å². The predicted octanol–water partition coefficient (Wildman–Crippen LogP) is 3.63. The van der Waals surface area contributed by atoms with Crippen molar-refractivity contribution in [1.29, 1.82) is 0 Å². The molecule has 0 N–H and O–H groups in total. The molecule has 3 nitrogen and oxygen atoms in total. The minimum Gasteiger partial charge on any atom is -0.207 e. The van der Waals surface area contributed by atoms with E-state index in [9.17, 15) is 8.42 Å². The van der Waals surface area contributed by atoms with Crippen LogP contribution in [0, 0.1) is 5.92 Å². The maximum atomic E-state index is 12.6. The first kappa shape index (κ1) is 15.5. The summed E-state index contributed by atoms with van der Waals surface area (Å²) in [6.07, 6.45) is 3.10. The number of nitrogens with zero attached hydrogens (tertiary/aromatic N) is 1. The van der Waals surface area contributed by atoms with E-state index in [1.165, 1.54) is 0 Å². The molecular formula is C13H17Br2NO2S. The fraction of sp³-hybridized carbons (Fsp3) is 0.538. The van der Waals surface area contributed by atoms with Crippen molar-refractivity contribution in [2.24, 2.45) is 5.92 Å². The summed E-state index contributed by atoms with van der Waals surface area (Å²) in [5.74, 6) is 0.468. The van der Waals surface area contributed by atoms with Gasteiger partial charge < -0.3 is 0 Å². The van der Waals surface area contributed by atoms with E-state index in [0.717, 1.165) is 29.1 Å². The van der Waals surface area contributed by atoms with Gasteiger partial charge in [0.2, 0.25) is 10.0 Å². The molecule has 0 saturated carbocycles. The summed E-state index contributed by atoms with van der Waals surface area (Å²) in [4.78, 5) is 0.376. The molecule has 0 bridgehead atoms. The van der Waals surface area contributed by atoms with Gasteiger partial charge in [-0.2, -0.15) is 4.31 Å². The highest BCUT2D eigenvalue weighted by molar-refractivity contribution is 9.10. The molecule has 0 radical (unpaired) electrons. The van der Waals surface area contributed by atoms with Gasteiger partial charge >= 0.3 is 0 Å². The Morgan fingerprint density at radius 2 is 2.16 bits per heavy atom. The van der Waals surface area contributed by atoms with Crippen LogP contribution >= 0.6 is 31.9 Å². The quantitative estimate of drug-likeness (QED) is 0.710. The van der Waals surface area contributed by atoms with Gasteiger partial charge in [-0.15, -0.1) is 0 Å². The minimum absolute atomic E-state index is 0.376. The van der Waals surface area contributed by atoms with Crippen LogP contribution in [0.5, 0.6) is 0 Å². The third-order valence-electron chi connectivity index (χ3n) is 3.43. The molecule has 1 aliphatic heterocycles. The number of hydrogen-bond donors (Lipinski definition) is 0. The van der Waals surface area contributed by atoms with Crippen LogP contribution in [0.1, 0.15) is 19.3 Å². The molecule has 1 aromatic rings. The monoisotopic (exact) mass is 409 g/mol. The Morgan fingerprint density at radius 1 is 1.37 bits per heavy atom. The van der Waals surface area contributed by atoms with E-state index in [1.54, 1.807) is 22.5 Å². The Morgan fingerprint density at radius 3 is 2.84 bits per heavy atom. The zero-order valence-electron chi connectivity index (χ0n) is 10.6. The molecule has 106 valence electrons. The van der Waals surface area contributed by atoms with E-state index in [0.29, 0.717) is 23.9 Å². The molecule has 6 heteroatoms. The molecule has 1 aliphatic rings. The van der Waals surface area contributed by atoms with Gasteiger partial charge in [0.05, 0.1) is 4.90 Å². The molecule has 2 rings (SSSR count). The van der Waals surface area contributed by atoms with Crippen LogP contribution in [-0.2, 0) is 10.0 Å². The summed E-state index contributed by atoms with van der Waals surface area (Å²) in [7, 11) is -3.35. The summed E-state index contributed by atoms with van der Waals surface area (Å²) in [6.45, 7) is 1.27. The number of halogens is 2. The number of hydrogen-bond acceptors (Lipinski definition) is 2. The highest BCUT2D eigenvalue weighted by atomic mass is 79.9. The Hall–Kier alpha value is 0.0900. The highest BCUT2D eigenvalue weighted by Gasteiger charge is 2.29. The number of rotatable bonds is 4. The average Bonchev–Trinajstić information content (AvgIpc) is 2.39. The summed E-state index contributed by atoms with van der Waals surface area (Å²) < 4.78 is 27.6. The first-order chi connectivity index (χ1) is 9.04. The van der Waals surface area contributed by atoms with Crippen molar-refractivity contribution in [3.8, 4) is 0 Å². The largest absolute Gasteiger partial charge is 0.243 e. The van der Waals surface area contributed by atoms with Crippen molar-refractivity contribution in [2.75, 3.05) is 18.4 Å². The SMILES string of the molecule is O=S(=O)(c1cccc(Br)c1)N1CCCC(CCBr)C1. The Bertz CT molecular complexity index is 531. The van der Waals surface area contributed by atoms with Gasteiger partial charge in [-0.1, -0.05) is 37.9 Å². The predicted molar refractivity (Wildman–Crippen MR) is 84.0 cm³/mol. The smallest absolute Gasteiger partial charge is 0.207 e. The standard InChI is InChI=1S/C13H17Br2NO2S/c14-7-6-11-3-2-8-16(10-11)19(17,18)13-5-1-4-12(15)9-13/h1,4-5,9,11H,2-3,6-8,10H2. The molecule has 0 aliphatic carbocycles. The number of sulfonamides is 1. The lowest BCUT2D eigenvalue weighted by Crippen LogP contribution is -2.39. The lowest BCUT2D eigenvalue weighted by atomic mass is 9.97.